The van der Waals surface area contributed by atoms with Crippen molar-refractivity contribution in [3.63, 3.8) is 0 Å². The van der Waals surface area contributed by atoms with Crippen LogP contribution in [0.5, 0.6) is 11.5 Å². The number of hydrogen-bond donors (Lipinski definition) is 1. The molecule has 0 saturated heterocycles. The highest BCUT2D eigenvalue weighted by Crippen LogP contribution is 2.33. The van der Waals surface area contributed by atoms with Gasteiger partial charge in [-0.3, -0.25) is 0 Å². The summed E-state index contributed by atoms with van der Waals surface area (Å²) in [6.07, 6.45) is 1.81. The van der Waals surface area contributed by atoms with Gasteiger partial charge in [0.25, 0.3) is 0 Å². The van der Waals surface area contributed by atoms with Gasteiger partial charge in [0.15, 0.2) is 0 Å². The molecule has 0 aliphatic carbocycles. The molecule has 0 bridgehead atoms. The molecule has 5 heteroatoms. The van der Waals surface area contributed by atoms with Gasteiger partial charge < -0.3 is 14.8 Å². The molecule has 2 rings (SSSR count). The monoisotopic (exact) mass is 322 g/mol. The third-order valence-electron chi connectivity index (χ3n) is 2.64. The van der Waals surface area contributed by atoms with Crippen LogP contribution >= 0.6 is 15.9 Å². The Kier molecular flexibility index (Phi) is 4.27. The van der Waals surface area contributed by atoms with Crippen LogP contribution in [0.1, 0.15) is 5.56 Å². The maximum absolute atomic E-state index is 5.34. The van der Waals surface area contributed by atoms with Crippen LogP contribution in [-0.4, -0.2) is 19.2 Å². The highest BCUT2D eigenvalue weighted by atomic mass is 79.9. The maximum Gasteiger partial charge on any atom is 0.146 e. The third-order valence-corrected chi connectivity index (χ3v) is 3.24. The van der Waals surface area contributed by atoms with E-state index >= 15 is 0 Å². The van der Waals surface area contributed by atoms with E-state index in [0.717, 1.165) is 27.3 Å². The summed E-state index contributed by atoms with van der Waals surface area (Å²) < 4.78 is 11.4. The van der Waals surface area contributed by atoms with Crippen molar-refractivity contribution >= 4 is 27.4 Å². The molecule has 0 radical (unpaired) electrons. The largest absolute Gasteiger partial charge is 0.497 e. The summed E-state index contributed by atoms with van der Waals surface area (Å²) in [5.41, 5.74) is 1.93. The number of ether oxygens (including phenoxy) is 2. The van der Waals surface area contributed by atoms with Crippen molar-refractivity contribution in [2.45, 2.75) is 6.92 Å². The van der Waals surface area contributed by atoms with Crippen molar-refractivity contribution in [1.29, 1.82) is 0 Å². The molecule has 2 aromatic rings. The molecule has 0 atom stereocenters. The molecule has 1 aromatic heterocycles. The van der Waals surface area contributed by atoms with Gasteiger partial charge in [0, 0.05) is 12.3 Å². The van der Waals surface area contributed by atoms with Crippen LogP contribution in [0.15, 0.2) is 34.9 Å². The van der Waals surface area contributed by atoms with E-state index in [1.165, 1.54) is 0 Å². The first-order chi connectivity index (χ1) is 9.13. The van der Waals surface area contributed by atoms with Crippen LogP contribution in [0, 0.1) is 6.92 Å². The molecule has 0 saturated carbocycles. The van der Waals surface area contributed by atoms with E-state index in [-0.39, 0.29) is 0 Å². The van der Waals surface area contributed by atoms with Crippen LogP contribution in [-0.2, 0) is 0 Å². The quantitative estimate of drug-likeness (QED) is 0.926. The van der Waals surface area contributed by atoms with Crippen molar-refractivity contribution in [3.05, 3.63) is 40.5 Å². The van der Waals surface area contributed by atoms with E-state index in [1.807, 2.05) is 37.4 Å². The Morgan fingerprint density at radius 2 is 1.95 bits per heavy atom. The first-order valence-corrected chi connectivity index (χ1v) is 6.54. The smallest absolute Gasteiger partial charge is 0.146 e. The van der Waals surface area contributed by atoms with Crippen molar-refractivity contribution in [2.75, 3.05) is 19.5 Å². The van der Waals surface area contributed by atoms with Crippen LogP contribution in [0.2, 0.25) is 0 Å². The maximum atomic E-state index is 5.34. The van der Waals surface area contributed by atoms with Gasteiger partial charge in [0.2, 0.25) is 0 Å². The standard InChI is InChI=1S/C14H15BrN2O2/c1-9-6-11(15)14(16-8-9)17-12-5-4-10(18-2)7-13(12)19-3/h4-8H,1-3H3,(H,16,17). The second-order valence-corrected chi connectivity index (χ2v) is 4.89. The summed E-state index contributed by atoms with van der Waals surface area (Å²) in [5.74, 6) is 2.20. The zero-order valence-corrected chi connectivity index (χ0v) is 12.6. The second-order valence-electron chi connectivity index (χ2n) is 4.03. The number of hydrogen-bond acceptors (Lipinski definition) is 4. The van der Waals surface area contributed by atoms with Crippen molar-refractivity contribution in [1.82, 2.24) is 4.98 Å². The minimum atomic E-state index is 0.702. The molecule has 0 aliphatic rings. The van der Waals surface area contributed by atoms with Crippen molar-refractivity contribution < 1.29 is 9.47 Å². The summed E-state index contributed by atoms with van der Waals surface area (Å²) in [5, 5.41) is 3.23. The first-order valence-electron chi connectivity index (χ1n) is 5.75. The second kappa shape index (κ2) is 5.93. The van der Waals surface area contributed by atoms with Gasteiger partial charge in [0.1, 0.15) is 17.3 Å². The lowest BCUT2D eigenvalue weighted by Crippen LogP contribution is -1.98. The molecule has 0 unspecified atom stereocenters. The lowest BCUT2D eigenvalue weighted by atomic mass is 10.2. The molecule has 0 aliphatic heterocycles. The third kappa shape index (κ3) is 3.17. The Labute approximate surface area is 120 Å². The average Bonchev–Trinajstić information content (AvgIpc) is 2.42. The summed E-state index contributed by atoms with van der Waals surface area (Å²) in [4.78, 5) is 4.35. The fraction of sp³-hybridized carbons (Fsp3) is 0.214. The van der Waals surface area contributed by atoms with Gasteiger partial charge in [-0.25, -0.2) is 4.98 Å². The minimum absolute atomic E-state index is 0.702. The Morgan fingerprint density at radius 1 is 1.16 bits per heavy atom. The Morgan fingerprint density at radius 3 is 2.58 bits per heavy atom. The number of aromatic nitrogens is 1. The van der Waals surface area contributed by atoms with E-state index in [1.54, 1.807) is 14.2 Å². The summed E-state index contributed by atoms with van der Waals surface area (Å²) >= 11 is 3.49. The fourth-order valence-electron chi connectivity index (χ4n) is 1.65. The Bertz CT molecular complexity index is 588. The lowest BCUT2D eigenvalue weighted by molar-refractivity contribution is 0.395. The summed E-state index contributed by atoms with van der Waals surface area (Å²) in [6.45, 7) is 2.00. The molecule has 0 amide bonds. The normalized spacial score (nSPS) is 10.1. The number of rotatable bonds is 4. The topological polar surface area (TPSA) is 43.4 Å². The van der Waals surface area contributed by atoms with Gasteiger partial charge in [0.05, 0.1) is 24.4 Å². The van der Waals surface area contributed by atoms with Gasteiger partial charge >= 0.3 is 0 Å². The van der Waals surface area contributed by atoms with Crippen LogP contribution in [0.3, 0.4) is 0 Å². The minimum Gasteiger partial charge on any atom is -0.497 e. The molecule has 0 spiro atoms. The Hall–Kier alpha value is -1.75. The van der Waals surface area contributed by atoms with E-state index in [4.69, 9.17) is 9.47 Å². The van der Waals surface area contributed by atoms with E-state index in [0.29, 0.717) is 5.75 Å². The van der Waals surface area contributed by atoms with Crippen molar-refractivity contribution in [3.8, 4) is 11.5 Å². The number of nitrogens with zero attached hydrogens (tertiary/aromatic N) is 1. The SMILES string of the molecule is COc1ccc(Nc2ncc(C)cc2Br)c(OC)c1. The number of methoxy groups -OCH3 is 2. The molecule has 1 N–H and O–H groups in total. The Balaban J connectivity index is 2.32. The molecule has 0 fully saturated rings. The molecular weight excluding hydrogens is 308 g/mol. The summed E-state index contributed by atoms with van der Waals surface area (Å²) in [7, 11) is 3.25. The fourth-order valence-corrected chi connectivity index (χ4v) is 2.22. The number of halogens is 1. The molecule has 1 aromatic carbocycles. The van der Waals surface area contributed by atoms with Gasteiger partial charge in [-0.1, -0.05) is 0 Å². The number of anilines is 2. The molecule has 100 valence electrons. The highest BCUT2D eigenvalue weighted by molar-refractivity contribution is 9.10. The van der Waals surface area contributed by atoms with Gasteiger partial charge in [-0.2, -0.15) is 0 Å². The summed E-state index contributed by atoms with van der Waals surface area (Å²) in [6, 6.07) is 7.59. The number of nitrogens with one attached hydrogen (secondary N) is 1. The molecule has 4 nitrogen and oxygen atoms in total. The number of aryl methyl sites for hydroxylation is 1. The number of pyridine rings is 1. The van der Waals surface area contributed by atoms with E-state index in [9.17, 15) is 0 Å². The first kappa shape index (κ1) is 13.7. The van der Waals surface area contributed by atoms with Crippen LogP contribution in [0.4, 0.5) is 11.5 Å². The average molecular weight is 323 g/mol. The lowest BCUT2D eigenvalue weighted by Gasteiger charge is -2.13. The van der Waals surface area contributed by atoms with E-state index in [2.05, 4.69) is 26.2 Å². The zero-order valence-electron chi connectivity index (χ0n) is 11.0. The van der Waals surface area contributed by atoms with Crippen LogP contribution in [0.25, 0.3) is 0 Å². The molecule has 19 heavy (non-hydrogen) atoms. The predicted octanol–water partition coefficient (Wildman–Crippen LogP) is 3.91. The van der Waals surface area contributed by atoms with Gasteiger partial charge in [-0.05, 0) is 46.6 Å². The van der Waals surface area contributed by atoms with Crippen LogP contribution < -0.4 is 14.8 Å². The zero-order chi connectivity index (χ0) is 13.8. The van der Waals surface area contributed by atoms with E-state index < -0.39 is 0 Å². The highest BCUT2D eigenvalue weighted by Gasteiger charge is 2.08. The predicted molar refractivity (Wildman–Crippen MR) is 79.5 cm³/mol. The molecule has 1 heterocycles. The van der Waals surface area contributed by atoms with Crippen molar-refractivity contribution in [2.24, 2.45) is 0 Å². The number of benzene rings is 1. The van der Waals surface area contributed by atoms with Gasteiger partial charge in [-0.15, -0.1) is 0 Å². The molecular formula is C14H15BrN2O2.